The van der Waals surface area contributed by atoms with Crippen LogP contribution in [-0.2, 0) is 11.2 Å². The van der Waals surface area contributed by atoms with Gasteiger partial charge in [0, 0.05) is 7.11 Å². The van der Waals surface area contributed by atoms with Crippen molar-refractivity contribution in [1.82, 2.24) is 0 Å². The first-order valence-electron chi connectivity index (χ1n) is 5.35. The number of hydrogen-bond acceptors (Lipinski definition) is 2. The molecule has 0 heterocycles. The summed E-state index contributed by atoms with van der Waals surface area (Å²) in [4.78, 5) is 0. The summed E-state index contributed by atoms with van der Waals surface area (Å²) in [6.45, 7) is 3.72. The van der Waals surface area contributed by atoms with Crippen molar-refractivity contribution in [1.29, 1.82) is 0 Å². The van der Waals surface area contributed by atoms with Gasteiger partial charge in [0.25, 0.3) is 0 Å². The molecule has 0 bridgehead atoms. The average Bonchev–Trinajstić information content (AvgIpc) is 2.27. The molecule has 0 aliphatic rings. The Balaban J connectivity index is 2.49. The highest BCUT2D eigenvalue weighted by Crippen LogP contribution is 2.19. The summed E-state index contributed by atoms with van der Waals surface area (Å²) in [5, 5.41) is 10.1. The van der Waals surface area contributed by atoms with Gasteiger partial charge in [-0.2, -0.15) is 0 Å². The Morgan fingerprint density at radius 3 is 2.47 bits per heavy atom. The molecule has 0 saturated heterocycles. The second kappa shape index (κ2) is 5.29. The summed E-state index contributed by atoms with van der Waals surface area (Å²) in [5.41, 5.74) is 0.492. The fourth-order valence-electron chi connectivity index (χ4n) is 1.50. The van der Waals surface area contributed by atoms with Crippen molar-refractivity contribution in [2.45, 2.75) is 38.4 Å². The van der Waals surface area contributed by atoms with Crippen LogP contribution in [0.2, 0.25) is 0 Å². The molecule has 0 aromatic heterocycles. The van der Waals surface area contributed by atoms with Crippen molar-refractivity contribution in [2.75, 3.05) is 7.11 Å². The van der Waals surface area contributed by atoms with Crippen LogP contribution < -0.4 is 0 Å². The maximum atomic E-state index is 10.1. The van der Waals surface area contributed by atoms with Crippen LogP contribution in [0.5, 0.6) is 0 Å². The van der Waals surface area contributed by atoms with Gasteiger partial charge < -0.3 is 9.84 Å². The molecule has 15 heavy (non-hydrogen) atoms. The van der Waals surface area contributed by atoms with Crippen LogP contribution in [0.3, 0.4) is 0 Å². The van der Waals surface area contributed by atoms with Crippen molar-refractivity contribution in [2.24, 2.45) is 0 Å². The summed E-state index contributed by atoms with van der Waals surface area (Å²) in [6, 6.07) is 10.2. The molecule has 0 fully saturated rings. The predicted molar refractivity (Wildman–Crippen MR) is 61.9 cm³/mol. The van der Waals surface area contributed by atoms with Crippen LogP contribution >= 0.6 is 0 Å². The van der Waals surface area contributed by atoms with Crippen LogP contribution in [0.15, 0.2) is 30.3 Å². The molecule has 0 aliphatic heterocycles. The van der Waals surface area contributed by atoms with Crippen molar-refractivity contribution in [3.05, 3.63) is 35.9 Å². The number of ether oxygens (including phenoxy) is 1. The van der Waals surface area contributed by atoms with E-state index in [0.717, 1.165) is 6.42 Å². The third-order valence-electron chi connectivity index (χ3n) is 2.99. The zero-order chi connectivity index (χ0) is 11.3. The molecule has 1 aromatic rings. The van der Waals surface area contributed by atoms with Gasteiger partial charge in [0.1, 0.15) is 0 Å². The van der Waals surface area contributed by atoms with Crippen LogP contribution in [0.4, 0.5) is 0 Å². The predicted octanol–water partition coefficient (Wildman–Crippen LogP) is 2.41. The number of hydrogen-bond donors (Lipinski definition) is 1. The second-order valence-corrected chi connectivity index (χ2v) is 4.22. The average molecular weight is 208 g/mol. The largest absolute Gasteiger partial charge is 0.387 e. The number of aliphatic hydroxyl groups is 1. The Morgan fingerprint density at radius 2 is 1.93 bits per heavy atom. The van der Waals surface area contributed by atoms with Crippen molar-refractivity contribution < 1.29 is 9.84 Å². The van der Waals surface area contributed by atoms with E-state index in [1.54, 1.807) is 7.11 Å². The van der Waals surface area contributed by atoms with E-state index in [-0.39, 0.29) is 6.10 Å². The van der Waals surface area contributed by atoms with Crippen LogP contribution in [-0.4, -0.2) is 23.9 Å². The van der Waals surface area contributed by atoms with Gasteiger partial charge in [-0.05, 0) is 32.3 Å². The molecule has 0 saturated carbocycles. The molecule has 2 atom stereocenters. The van der Waals surface area contributed by atoms with Crippen LogP contribution in [0.25, 0.3) is 0 Å². The minimum absolute atomic E-state index is 0.138. The van der Waals surface area contributed by atoms with Gasteiger partial charge in [-0.25, -0.2) is 0 Å². The van der Waals surface area contributed by atoms with Gasteiger partial charge in [-0.3, -0.25) is 0 Å². The van der Waals surface area contributed by atoms with Gasteiger partial charge in [0.2, 0.25) is 0 Å². The highest BCUT2D eigenvalue weighted by Gasteiger charge is 2.27. The lowest BCUT2D eigenvalue weighted by atomic mass is 9.92. The molecule has 0 aliphatic carbocycles. The molecule has 2 heteroatoms. The Bertz CT molecular complexity index is 280. The highest BCUT2D eigenvalue weighted by molar-refractivity contribution is 5.15. The summed E-state index contributed by atoms with van der Waals surface area (Å²) >= 11 is 0. The van der Waals surface area contributed by atoms with E-state index in [0.29, 0.717) is 6.42 Å². The minimum Gasteiger partial charge on any atom is -0.387 e. The SMILES string of the molecule is COC(C)C(C)(O)CCc1ccccc1. The number of aryl methyl sites for hydroxylation is 1. The van der Waals surface area contributed by atoms with E-state index in [4.69, 9.17) is 4.74 Å². The van der Waals surface area contributed by atoms with Gasteiger partial charge in [0.15, 0.2) is 0 Å². The normalized spacial score (nSPS) is 17.1. The standard InChI is InChI=1S/C13H20O2/c1-11(15-3)13(2,14)10-9-12-7-5-4-6-8-12/h4-8,11,14H,9-10H2,1-3H3. The van der Waals surface area contributed by atoms with Crippen LogP contribution in [0.1, 0.15) is 25.8 Å². The van der Waals surface area contributed by atoms with Gasteiger partial charge in [0.05, 0.1) is 11.7 Å². The van der Waals surface area contributed by atoms with E-state index in [1.807, 2.05) is 32.0 Å². The van der Waals surface area contributed by atoms with Gasteiger partial charge in [-0.1, -0.05) is 30.3 Å². The maximum absolute atomic E-state index is 10.1. The lowest BCUT2D eigenvalue weighted by Crippen LogP contribution is -2.38. The number of methoxy groups -OCH3 is 1. The Kier molecular flexibility index (Phi) is 4.30. The lowest BCUT2D eigenvalue weighted by Gasteiger charge is -2.29. The summed E-state index contributed by atoms with van der Waals surface area (Å²) in [5.74, 6) is 0. The molecule has 1 N–H and O–H groups in total. The van der Waals surface area contributed by atoms with Gasteiger partial charge >= 0.3 is 0 Å². The molecule has 0 radical (unpaired) electrons. The first-order chi connectivity index (χ1) is 7.06. The molecule has 2 nitrogen and oxygen atoms in total. The maximum Gasteiger partial charge on any atom is 0.0880 e. The van der Waals surface area contributed by atoms with Crippen LogP contribution in [0, 0.1) is 0 Å². The number of rotatable bonds is 5. The molecular formula is C13H20O2. The fourth-order valence-corrected chi connectivity index (χ4v) is 1.50. The van der Waals surface area contributed by atoms with Gasteiger partial charge in [-0.15, -0.1) is 0 Å². The second-order valence-electron chi connectivity index (χ2n) is 4.22. The smallest absolute Gasteiger partial charge is 0.0880 e. The quantitative estimate of drug-likeness (QED) is 0.805. The summed E-state index contributed by atoms with van der Waals surface area (Å²) in [7, 11) is 1.63. The van der Waals surface area contributed by atoms with Crippen molar-refractivity contribution >= 4 is 0 Å². The first kappa shape index (κ1) is 12.2. The third-order valence-corrected chi connectivity index (χ3v) is 2.99. The highest BCUT2D eigenvalue weighted by atomic mass is 16.5. The summed E-state index contributed by atoms with van der Waals surface area (Å²) < 4.78 is 5.15. The van der Waals surface area contributed by atoms with E-state index < -0.39 is 5.60 Å². The molecule has 84 valence electrons. The van der Waals surface area contributed by atoms with E-state index in [9.17, 15) is 5.11 Å². The first-order valence-corrected chi connectivity index (χ1v) is 5.35. The van der Waals surface area contributed by atoms with E-state index in [1.165, 1.54) is 5.56 Å². The lowest BCUT2D eigenvalue weighted by molar-refractivity contribution is -0.0766. The Labute approximate surface area is 91.9 Å². The molecule has 2 unspecified atom stereocenters. The zero-order valence-corrected chi connectivity index (χ0v) is 9.73. The molecule has 1 aromatic carbocycles. The monoisotopic (exact) mass is 208 g/mol. The molecule has 1 rings (SSSR count). The molecular weight excluding hydrogens is 188 g/mol. The minimum atomic E-state index is -0.759. The topological polar surface area (TPSA) is 29.5 Å². The third kappa shape index (κ3) is 3.65. The molecule has 0 amide bonds. The number of benzene rings is 1. The van der Waals surface area contributed by atoms with Crippen molar-refractivity contribution in [3.8, 4) is 0 Å². The summed E-state index contributed by atoms with van der Waals surface area (Å²) in [6.07, 6.45) is 1.45. The molecule has 0 spiro atoms. The Morgan fingerprint density at radius 1 is 1.33 bits per heavy atom. The zero-order valence-electron chi connectivity index (χ0n) is 9.73. The van der Waals surface area contributed by atoms with Crippen molar-refractivity contribution in [3.63, 3.8) is 0 Å². The van der Waals surface area contributed by atoms with E-state index in [2.05, 4.69) is 12.1 Å². The van der Waals surface area contributed by atoms with E-state index >= 15 is 0 Å². The Hall–Kier alpha value is -0.860. The fraction of sp³-hybridized carbons (Fsp3) is 0.538.